The van der Waals surface area contributed by atoms with E-state index in [1.54, 1.807) is 6.20 Å². The average molecular weight is 437 g/mol. The molecule has 0 saturated carbocycles. The Kier molecular flexibility index (Phi) is 6.28. The van der Waals surface area contributed by atoms with Crippen molar-refractivity contribution in [3.8, 4) is 0 Å². The number of hydrogen-bond acceptors (Lipinski definition) is 6. The van der Waals surface area contributed by atoms with Crippen LogP contribution in [0.1, 0.15) is 38.2 Å². The first-order chi connectivity index (χ1) is 15.7. The van der Waals surface area contributed by atoms with Gasteiger partial charge in [0, 0.05) is 43.1 Å². The van der Waals surface area contributed by atoms with Crippen LogP contribution in [0, 0.1) is 5.92 Å². The molecule has 7 nitrogen and oxygen atoms in total. The molecule has 1 aromatic heterocycles. The summed E-state index contributed by atoms with van der Waals surface area (Å²) in [5, 5.41) is 3.47. The van der Waals surface area contributed by atoms with Crippen molar-refractivity contribution in [3.05, 3.63) is 42.1 Å². The number of morpholine rings is 1. The van der Waals surface area contributed by atoms with Gasteiger partial charge in [0.15, 0.2) is 0 Å². The second-order valence-electron chi connectivity index (χ2n) is 8.97. The zero-order valence-corrected chi connectivity index (χ0v) is 18.8. The van der Waals surface area contributed by atoms with Crippen LogP contribution in [0.2, 0.25) is 0 Å². The molecule has 3 aliphatic heterocycles. The van der Waals surface area contributed by atoms with Gasteiger partial charge in [-0.25, -0.2) is 4.98 Å². The number of amides is 1. The van der Waals surface area contributed by atoms with E-state index in [1.165, 1.54) is 0 Å². The quantitative estimate of drug-likeness (QED) is 0.761. The maximum Gasteiger partial charge on any atom is 0.230 e. The zero-order chi connectivity index (χ0) is 21.9. The van der Waals surface area contributed by atoms with Gasteiger partial charge < -0.3 is 24.6 Å². The van der Waals surface area contributed by atoms with Crippen molar-refractivity contribution in [1.29, 1.82) is 0 Å². The third kappa shape index (κ3) is 4.45. The summed E-state index contributed by atoms with van der Waals surface area (Å²) >= 11 is 0. The van der Waals surface area contributed by atoms with Gasteiger partial charge in [-0.3, -0.25) is 4.79 Å². The minimum atomic E-state index is -0.0719. The van der Waals surface area contributed by atoms with Crippen molar-refractivity contribution in [1.82, 2.24) is 4.98 Å². The molecule has 170 valence electrons. The monoisotopic (exact) mass is 436 g/mol. The first kappa shape index (κ1) is 21.2. The maximum absolute atomic E-state index is 13.7. The smallest absolute Gasteiger partial charge is 0.230 e. The number of carbonyl (C=O) groups is 1. The Morgan fingerprint density at radius 1 is 1.25 bits per heavy atom. The van der Waals surface area contributed by atoms with Gasteiger partial charge in [-0.2, -0.15) is 0 Å². The molecule has 2 fully saturated rings. The van der Waals surface area contributed by atoms with Gasteiger partial charge in [-0.15, -0.1) is 0 Å². The fraction of sp³-hybridized carbons (Fsp3) is 0.520. The Bertz CT molecular complexity index is 954. The van der Waals surface area contributed by atoms with Crippen molar-refractivity contribution in [2.24, 2.45) is 5.92 Å². The zero-order valence-electron chi connectivity index (χ0n) is 18.8. The molecule has 0 bridgehead atoms. The van der Waals surface area contributed by atoms with Crippen molar-refractivity contribution < 1.29 is 14.3 Å². The number of ether oxygens (including phenoxy) is 2. The fourth-order valence-electron chi connectivity index (χ4n) is 4.82. The van der Waals surface area contributed by atoms with E-state index in [9.17, 15) is 4.79 Å². The summed E-state index contributed by atoms with van der Waals surface area (Å²) in [7, 11) is 0. The van der Waals surface area contributed by atoms with E-state index in [4.69, 9.17) is 9.47 Å². The van der Waals surface area contributed by atoms with Crippen LogP contribution in [0.15, 0.2) is 36.5 Å². The summed E-state index contributed by atoms with van der Waals surface area (Å²) in [6, 6.07) is 10.3. The first-order valence-electron chi connectivity index (χ1n) is 11.8. The summed E-state index contributed by atoms with van der Waals surface area (Å²) < 4.78 is 11.3. The number of rotatable bonds is 5. The molecule has 0 radical (unpaired) electrons. The molecule has 1 amide bonds. The highest BCUT2D eigenvalue weighted by Crippen LogP contribution is 2.38. The molecular weight excluding hydrogens is 404 g/mol. The normalized spacial score (nSPS) is 21.3. The molecule has 32 heavy (non-hydrogen) atoms. The molecule has 0 unspecified atom stereocenters. The van der Waals surface area contributed by atoms with Crippen LogP contribution < -0.4 is 15.1 Å². The first-order valence-corrected chi connectivity index (χ1v) is 11.8. The molecule has 7 heteroatoms. The average Bonchev–Trinajstić information content (AvgIpc) is 3.30. The van der Waals surface area contributed by atoms with Crippen LogP contribution in [0.3, 0.4) is 0 Å². The highest BCUT2D eigenvalue weighted by atomic mass is 16.5. The number of benzene rings is 1. The molecule has 2 atom stereocenters. The topological polar surface area (TPSA) is 66.9 Å². The summed E-state index contributed by atoms with van der Waals surface area (Å²) in [4.78, 5) is 22.5. The lowest BCUT2D eigenvalue weighted by Crippen LogP contribution is -2.37. The molecule has 3 aliphatic rings. The van der Waals surface area contributed by atoms with Gasteiger partial charge in [0.2, 0.25) is 5.91 Å². The summed E-state index contributed by atoms with van der Waals surface area (Å²) in [5.41, 5.74) is 3.98. The minimum Gasteiger partial charge on any atom is -0.378 e. The van der Waals surface area contributed by atoms with Crippen LogP contribution in [0.4, 0.5) is 22.9 Å². The van der Waals surface area contributed by atoms with Gasteiger partial charge in [-0.05, 0) is 49.9 Å². The van der Waals surface area contributed by atoms with E-state index < -0.39 is 0 Å². The van der Waals surface area contributed by atoms with Gasteiger partial charge >= 0.3 is 0 Å². The number of carbonyl (C=O) groups excluding carboxylic acids is 1. The number of aromatic nitrogens is 1. The predicted octanol–water partition coefficient (Wildman–Crippen LogP) is 4.10. The molecule has 0 aliphatic carbocycles. The van der Waals surface area contributed by atoms with Gasteiger partial charge in [0.1, 0.15) is 5.82 Å². The van der Waals surface area contributed by atoms with E-state index in [0.717, 1.165) is 87.0 Å². The Hall–Kier alpha value is -2.64. The largest absolute Gasteiger partial charge is 0.378 e. The summed E-state index contributed by atoms with van der Waals surface area (Å²) in [6.45, 7) is 6.59. The molecule has 4 heterocycles. The van der Waals surface area contributed by atoms with Crippen LogP contribution in [-0.4, -0.2) is 49.9 Å². The fourth-order valence-corrected chi connectivity index (χ4v) is 4.82. The van der Waals surface area contributed by atoms with E-state index in [2.05, 4.69) is 33.4 Å². The standard InChI is InChI=1S/C25H32N4O3/c1-18(6-8-21-5-3-13-32-21)25(30)29-17-19-4-2-10-26-24(19)27-22-9-7-20(16-23(22)29)28-11-14-31-15-12-28/h2,4,7,9-10,16,18,21H,3,5-6,8,11-15,17H2,1H3,(H,26,27)/t18-,21+/m1/s1. The highest BCUT2D eigenvalue weighted by molar-refractivity contribution is 6.00. The van der Waals surface area contributed by atoms with Crippen molar-refractivity contribution in [2.75, 3.05) is 48.0 Å². The van der Waals surface area contributed by atoms with Crippen molar-refractivity contribution >= 4 is 28.8 Å². The number of hydrogen-bond donors (Lipinski definition) is 1. The van der Waals surface area contributed by atoms with Crippen LogP contribution >= 0.6 is 0 Å². The molecule has 5 rings (SSSR count). The Balaban J connectivity index is 1.43. The SMILES string of the molecule is C[C@H](CC[C@@H]1CCCO1)C(=O)N1Cc2cccnc2Nc2ccc(N3CCOCC3)cc21. The maximum atomic E-state index is 13.7. The number of nitrogens with zero attached hydrogens (tertiary/aromatic N) is 3. The Labute approximate surface area is 189 Å². The van der Waals surface area contributed by atoms with Crippen molar-refractivity contribution in [2.45, 2.75) is 45.3 Å². The molecule has 0 spiro atoms. The number of fused-ring (bicyclic) bond motifs is 2. The van der Waals surface area contributed by atoms with E-state index in [0.29, 0.717) is 12.6 Å². The van der Waals surface area contributed by atoms with Crippen LogP contribution in [-0.2, 0) is 20.8 Å². The molecular formula is C25H32N4O3. The van der Waals surface area contributed by atoms with Crippen molar-refractivity contribution in [3.63, 3.8) is 0 Å². The van der Waals surface area contributed by atoms with E-state index in [-0.39, 0.29) is 11.8 Å². The van der Waals surface area contributed by atoms with E-state index in [1.807, 2.05) is 24.0 Å². The summed E-state index contributed by atoms with van der Waals surface area (Å²) in [5.74, 6) is 0.898. The lowest BCUT2D eigenvalue weighted by molar-refractivity contribution is -0.122. The summed E-state index contributed by atoms with van der Waals surface area (Å²) in [6.07, 6.45) is 6.12. The Morgan fingerprint density at radius 2 is 2.12 bits per heavy atom. The van der Waals surface area contributed by atoms with Gasteiger partial charge in [0.25, 0.3) is 0 Å². The lowest BCUT2D eigenvalue weighted by Gasteiger charge is -2.31. The van der Waals surface area contributed by atoms with Crippen LogP contribution in [0.25, 0.3) is 0 Å². The third-order valence-electron chi connectivity index (χ3n) is 6.75. The molecule has 1 N–H and O–H groups in total. The van der Waals surface area contributed by atoms with Gasteiger partial charge in [-0.1, -0.05) is 13.0 Å². The molecule has 2 saturated heterocycles. The second-order valence-corrected chi connectivity index (χ2v) is 8.97. The second kappa shape index (κ2) is 9.46. The molecule has 1 aromatic carbocycles. The number of pyridine rings is 1. The lowest BCUT2D eigenvalue weighted by atomic mass is 9.99. The molecule has 2 aromatic rings. The predicted molar refractivity (Wildman–Crippen MR) is 126 cm³/mol. The number of nitrogens with one attached hydrogen (secondary N) is 1. The van der Waals surface area contributed by atoms with E-state index >= 15 is 0 Å². The highest BCUT2D eigenvalue weighted by Gasteiger charge is 2.29. The number of anilines is 4. The van der Waals surface area contributed by atoms with Crippen LogP contribution in [0.5, 0.6) is 0 Å². The third-order valence-corrected chi connectivity index (χ3v) is 6.75. The van der Waals surface area contributed by atoms with Gasteiger partial charge in [0.05, 0.1) is 37.2 Å². The minimum absolute atomic E-state index is 0.0719. The Morgan fingerprint density at radius 3 is 2.94 bits per heavy atom.